The van der Waals surface area contributed by atoms with Gasteiger partial charge in [0, 0.05) is 16.8 Å². The average Bonchev–Trinajstić information content (AvgIpc) is 3.00. The standard InChI is InChI=1S/C26H34N2O2S/c1-8-16-9-11-18(12-10-16)27-24-28-23(30)21(31-24)15-17-13-19(25(2,3)4)22(29)20(14-17)26(5,6)7/h9-15,24,27,29H,8H2,1-7H3,(H,28,30)/b21-15-/t24-/m1/s1. The van der Waals surface area contributed by atoms with Crippen LogP contribution in [0.15, 0.2) is 41.3 Å². The summed E-state index contributed by atoms with van der Waals surface area (Å²) in [6, 6.07) is 12.3. The highest BCUT2D eigenvalue weighted by molar-refractivity contribution is 8.05. The molecule has 1 fully saturated rings. The number of hydrogen-bond acceptors (Lipinski definition) is 4. The lowest BCUT2D eigenvalue weighted by Crippen LogP contribution is -2.30. The summed E-state index contributed by atoms with van der Waals surface area (Å²) >= 11 is 1.48. The molecular formula is C26H34N2O2S. The fourth-order valence-corrected chi connectivity index (χ4v) is 4.57. The van der Waals surface area contributed by atoms with Crippen LogP contribution >= 0.6 is 11.8 Å². The summed E-state index contributed by atoms with van der Waals surface area (Å²) in [5, 5.41) is 17.3. The molecule has 0 bridgehead atoms. The van der Waals surface area contributed by atoms with Crippen LogP contribution in [0, 0.1) is 0 Å². The van der Waals surface area contributed by atoms with Gasteiger partial charge >= 0.3 is 0 Å². The number of thioether (sulfide) groups is 1. The first-order valence-electron chi connectivity index (χ1n) is 10.8. The zero-order valence-electron chi connectivity index (χ0n) is 19.6. The van der Waals surface area contributed by atoms with Crippen LogP contribution in [-0.4, -0.2) is 16.5 Å². The fraction of sp³-hybridized carbons (Fsp3) is 0.423. The summed E-state index contributed by atoms with van der Waals surface area (Å²) in [5.74, 6) is 0.260. The topological polar surface area (TPSA) is 61.4 Å². The van der Waals surface area contributed by atoms with Crippen LogP contribution in [0.4, 0.5) is 5.69 Å². The first-order valence-corrected chi connectivity index (χ1v) is 11.7. The van der Waals surface area contributed by atoms with Crippen molar-refractivity contribution in [3.8, 4) is 5.75 Å². The molecule has 1 aliphatic heterocycles. The number of phenols is 1. The van der Waals surface area contributed by atoms with E-state index in [4.69, 9.17) is 0 Å². The highest BCUT2D eigenvalue weighted by Gasteiger charge is 2.29. The molecule has 4 nitrogen and oxygen atoms in total. The maximum absolute atomic E-state index is 12.6. The second-order valence-corrected chi connectivity index (χ2v) is 11.3. The van der Waals surface area contributed by atoms with Gasteiger partial charge in [0.05, 0.1) is 4.91 Å². The van der Waals surface area contributed by atoms with Gasteiger partial charge in [-0.25, -0.2) is 0 Å². The Morgan fingerprint density at radius 2 is 1.58 bits per heavy atom. The van der Waals surface area contributed by atoms with Gasteiger partial charge in [0.2, 0.25) is 0 Å². The quantitative estimate of drug-likeness (QED) is 0.501. The fourth-order valence-electron chi connectivity index (χ4n) is 3.59. The van der Waals surface area contributed by atoms with Crippen LogP contribution in [-0.2, 0) is 22.0 Å². The molecule has 3 N–H and O–H groups in total. The number of hydrogen-bond donors (Lipinski definition) is 3. The van der Waals surface area contributed by atoms with Gasteiger partial charge in [-0.1, -0.05) is 72.4 Å². The van der Waals surface area contributed by atoms with Crippen molar-refractivity contribution in [1.82, 2.24) is 5.32 Å². The van der Waals surface area contributed by atoms with E-state index in [0.717, 1.165) is 28.8 Å². The Balaban J connectivity index is 1.89. The number of rotatable bonds is 4. The Hall–Kier alpha value is -2.40. The largest absolute Gasteiger partial charge is 0.507 e. The first kappa shape index (κ1) is 23.3. The lowest BCUT2D eigenvalue weighted by molar-refractivity contribution is -0.116. The Morgan fingerprint density at radius 1 is 1.03 bits per heavy atom. The van der Waals surface area contributed by atoms with Crippen molar-refractivity contribution in [3.63, 3.8) is 0 Å². The van der Waals surface area contributed by atoms with Crippen LogP contribution in [0.1, 0.15) is 70.7 Å². The number of nitrogens with one attached hydrogen (secondary N) is 2. The smallest absolute Gasteiger partial charge is 0.260 e. The summed E-state index contributed by atoms with van der Waals surface area (Å²) in [7, 11) is 0. The summed E-state index contributed by atoms with van der Waals surface area (Å²) in [4.78, 5) is 13.3. The van der Waals surface area contributed by atoms with E-state index in [1.165, 1.54) is 17.3 Å². The van der Waals surface area contributed by atoms with Crippen LogP contribution in [0.25, 0.3) is 6.08 Å². The van der Waals surface area contributed by atoms with E-state index >= 15 is 0 Å². The van der Waals surface area contributed by atoms with E-state index in [-0.39, 0.29) is 22.2 Å². The molecule has 0 radical (unpaired) electrons. The molecule has 1 atom stereocenters. The molecule has 1 saturated heterocycles. The van der Waals surface area contributed by atoms with Gasteiger partial charge < -0.3 is 15.7 Å². The number of anilines is 1. The zero-order valence-corrected chi connectivity index (χ0v) is 20.4. The molecule has 31 heavy (non-hydrogen) atoms. The van der Waals surface area contributed by atoms with Gasteiger partial charge in [0.15, 0.2) is 5.50 Å². The van der Waals surface area contributed by atoms with Gasteiger partial charge in [0.25, 0.3) is 5.91 Å². The van der Waals surface area contributed by atoms with Crippen molar-refractivity contribution in [1.29, 1.82) is 0 Å². The molecule has 0 aliphatic carbocycles. The molecular weight excluding hydrogens is 404 g/mol. The van der Waals surface area contributed by atoms with Gasteiger partial charge in [-0.2, -0.15) is 0 Å². The number of aromatic hydroxyl groups is 1. The van der Waals surface area contributed by atoms with Crippen molar-refractivity contribution in [2.75, 3.05) is 5.32 Å². The molecule has 0 aromatic heterocycles. The number of carbonyl (C=O) groups excluding carboxylic acids is 1. The number of benzene rings is 2. The van der Waals surface area contributed by atoms with Crippen molar-refractivity contribution in [2.45, 2.75) is 71.2 Å². The third-order valence-corrected chi connectivity index (χ3v) is 6.47. The Morgan fingerprint density at radius 3 is 2.06 bits per heavy atom. The van der Waals surface area contributed by atoms with Crippen molar-refractivity contribution < 1.29 is 9.90 Å². The summed E-state index contributed by atoms with van der Waals surface area (Å²) < 4.78 is 0. The van der Waals surface area contributed by atoms with E-state index in [0.29, 0.717) is 10.7 Å². The molecule has 1 aliphatic rings. The number of aryl methyl sites for hydroxylation is 1. The van der Waals surface area contributed by atoms with Crippen LogP contribution in [0.5, 0.6) is 5.75 Å². The maximum Gasteiger partial charge on any atom is 0.260 e. The summed E-state index contributed by atoms with van der Waals surface area (Å²) in [6.07, 6.45) is 2.92. The van der Waals surface area contributed by atoms with Crippen LogP contribution < -0.4 is 10.6 Å². The normalized spacial score (nSPS) is 18.4. The van der Waals surface area contributed by atoms with Crippen LogP contribution in [0.3, 0.4) is 0 Å². The molecule has 0 saturated carbocycles. The summed E-state index contributed by atoms with van der Waals surface area (Å²) in [5.41, 5.74) is 4.33. The molecule has 0 unspecified atom stereocenters. The molecule has 2 aromatic carbocycles. The molecule has 1 heterocycles. The highest BCUT2D eigenvalue weighted by atomic mass is 32.2. The van der Waals surface area contributed by atoms with Crippen molar-refractivity contribution in [2.24, 2.45) is 0 Å². The van der Waals surface area contributed by atoms with Crippen LogP contribution in [0.2, 0.25) is 0 Å². The SMILES string of the molecule is CCc1ccc(N[C@@H]2NC(=O)/C(=C/c3cc(C(C)(C)C)c(O)c(C(C)(C)C)c3)S2)cc1. The van der Waals surface area contributed by atoms with Crippen molar-refractivity contribution in [3.05, 3.63) is 63.6 Å². The lowest BCUT2D eigenvalue weighted by Gasteiger charge is -2.28. The second kappa shape index (κ2) is 8.62. The maximum atomic E-state index is 12.6. The molecule has 1 amide bonds. The van der Waals surface area contributed by atoms with E-state index < -0.39 is 0 Å². The molecule has 2 aromatic rings. The zero-order chi connectivity index (χ0) is 23.0. The van der Waals surface area contributed by atoms with E-state index in [9.17, 15) is 9.90 Å². The van der Waals surface area contributed by atoms with Gasteiger partial charge in [-0.05, 0) is 58.7 Å². The highest BCUT2D eigenvalue weighted by Crippen LogP contribution is 2.41. The minimum atomic E-state index is -0.215. The Labute approximate surface area is 190 Å². The predicted molar refractivity (Wildman–Crippen MR) is 132 cm³/mol. The third-order valence-electron chi connectivity index (χ3n) is 5.44. The van der Waals surface area contributed by atoms with Gasteiger partial charge in [-0.15, -0.1) is 0 Å². The molecule has 166 valence electrons. The van der Waals surface area contributed by atoms with Gasteiger partial charge in [0.1, 0.15) is 5.75 Å². The number of carbonyl (C=O) groups is 1. The Bertz CT molecular complexity index is 961. The average molecular weight is 439 g/mol. The van der Waals surface area contributed by atoms with E-state index in [1.54, 1.807) is 0 Å². The minimum Gasteiger partial charge on any atom is -0.507 e. The molecule has 5 heteroatoms. The molecule has 3 rings (SSSR count). The molecule has 0 spiro atoms. The number of amides is 1. The monoisotopic (exact) mass is 438 g/mol. The van der Waals surface area contributed by atoms with Gasteiger partial charge in [-0.3, -0.25) is 4.79 Å². The minimum absolute atomic E-state index is 0.0876. The predicted octanol–water partition coefficient (Wildman–Crippen LogP) is 6.15. The van der Waals surface area contributed by atoms with E-state index in [1.807, 2.05) is 30.3 Å². The Kier molecular flexibility index (Phi) is 6.47. The van der Waals surface area contributed by atoms with E-state index in [2.05, 4.69) is 71.2 Å². The lowest BCUT2D eigenvalue weighted by atomic mass is 9.78. The summed E-state index contributed by atoms with van der Waals surface area (Å²) in [6.45, 7) is 14.7. The first-order chi connectivity index (χ1) is 14.4. The second-order valence-electron chi connectivity index (χ2n) is 10.1. The van der Waals surface area contributed by atoms with Crippen molar-refractivity contribution >= 4 is 29.4 Å². The third kappa shape index (κ3) is 5.45. The number of phenolic OH excluding ortho intramolecular Hbond substituents is 1.